The van der Waals surface area contributed by atoms with Gasteiger partial charge in [-0.2, -0.15) is 13.2 Å². The molecule has 0 aromatic heterocycles. The molecule has 3 nitrogen and oxygen atoms in total. The normalized spacial score (nSPS) is 13.4. The number of rotatable bonds is 6. The summed E-state index contributed by atoms with van der Waals surface area (Å²) in [5.41, 5.74) is 5.38. The second-order valence-electron chi connectivity index (χ2n) is 4.07. The monoisotopic (exact) mass is 340 g/mol. The summed E-state index contributed by atoms with van der Waals surface area (Å²) < 4.78 is 43.0. The molecule has 1 aromatic carbocycles. The number of anilines is 1. The molecule has 3 N–H and O–H groups in total. The zero-order chi connectivity index (χ0) is 14.5. The van der Waals surface area contributed by atoms with Crippen LogP contribution in [-0.2, 0) is 10.9 Å². The molecule has 0 saturated carbocycles. The van der Waals surface area contributed by atoms with E-state index in [-0.39, 0.29) is 6.04 Å². The first-order chi connectivity index (χ1) is 8.88. The minimum absolute atomic E-state index is 0.0389. The van der Waals surface area contributed by atoms with E-state index in [1.54, 1.807) is 7.11 Å². The SMILES string of the molecule is COCC(CCN)Nc1ccc(C(F)(F)F)cc1Br. The summed E-state index contributed by atoms with van der Waals surface area (Å²) >= 11 is 3.14. The van der Waals surface area contributed by atoms with Gasteiger partial charge in [-0.15, -0.1) is 0 Å². The zero-order valence-electron chi connectivity index (χ0n) is 10.4. The summed E-state index contributed by atoms with van der Waals surface area (Å²) in [7, 11) is 1.56. The van der Waals surface area contributed by atoms with Gasteiger partial charge in [-0.25, -0.2) is 0 Å². The van der Waals surface area contributed by atoms with E-state index in [0.717, 1.165) is 12.1 Å². The highest BCUT2D eigenvalue weighted by atomic mass is 79.9. The molecule has 0 aliphatic carbocycles. The van der Waals surface area contributed by atoms with E-state index in [1.807, 2.05) is 0 Å². The zero-order valence-corrected chi connectivity index (χ0v) is 12.0. The molecule has 0 radical (unpaired) electrons. The van der Waals surface area contributed by atoms with Crippen molar-refractivity contribution in [2.75, 3.05) is 25.6 Å². The fourth-order valence-electron chi connectivity index (χ4n) is 1.63. The number of hydrogen-bond donors (Lipinski definition) is 2. The Balaban J connectivity index is 2.84. The van der Waals surface area contributed by atoms with Crippen LogP contribution in [0.5, 0.6) is 0 Å². The number of alkyl halides is 3. The number of hydrogen-bond acceptors (Lipinski definition) is 3. The number of benzene rings is 1. The molecule has 0 saturated heterocycles. The van der Waals surface area contributed by atoms with Crippen LogP contribution in [0.25, 0.3) is 0 Å². The first-order valence-corrected chi connectivity index (χ1v) is 6.50. The van der Waals surface area contributed by atoms with Gasteiger partial charge in [0, 0.05) is 17.3 Å². The van der Waals surface area contributed by atoms with Crippen molar-refractivity contribution in [1.82, 2.24) is 0 Å². The van der Waals surface area contributed by atoms with Gasteiger partial charge in [0.25, 0.3) is 0 Å². The highest BCUT2D eigenvalue weighted by Gasteiger charge is 2.30. The van der Waals surface area contributed by atoms with E-state index in [9.17, 15) is 13.2 Å². The minimum atomic E-state index is -4.34. The standard InChI is InChI=1S/C12H16BrF3N2O/c1-19-7-9(4-5-17)18-11-3-2-8(6-10(11)13)12(14,15)16/h2-3,6,9,18H,4-5,7,17H2,1H3. The van der Waals surface area contributed by atoms with Crippen LogP contribution in [0.1, 0.15) is 12.0 Å². The molecule has 0 bridgehead atoms. The van der Waals surface area contributed by atoms with E-state index in [0.29, 0.717) is 29.7 Å². The van der Waals surface area contributed by atoms with Crippen LogP contribution < -0.4 is 11.1 Å². The van der Waals surface area contributed by atoms with Crippen molar-refractivity contribution >= 4 is 21.6 Å². The Bertz CT molecular complexity index is 406. The lowest BCUT2D eigenvalue weighted by molar-refractivity contribution is -0.137. The quantitative estimate of drug-likeness (QED) is 0.835. The van der Waals surface area contributed by atoms with E-state index in [4.69, 9.17) is 10.5 Å². The Labute approximate surface area is 118 Å². The van der Waals surface area contributed by atoms with Gasteiger partial charge in [-0.3, -0.25) is 0 Å². The maximum atomic E-state index is 12.5. The highest BCUT2D eigenvalue weighted by Crippen LogP contribution is 2.34. The Kier molecular flexibility index (Phi) is 6.09. The van der Waals surface area contributed by atoms with Crippen LogP contribution >= 0.6 is 15.9 Å². The smallest absolute Gasteiger partial charge is 0.383 e. The lowest BCUT2D eigenvalue weighted by atomic mass is 10.1. The van der Waals surface area contributed by atoms with Crippen LogP contribution in [0.15, 0.2) is 22.7 Å². The first-order valence-electron chi connectivity index (χ1n) is 5.70. The third-order valence-corrected chi connectivity index (χ3v) is 3.20. The number of ether oxygens (including phenoxy) is 1. The highest BCUT2D eigenvalue weighted by molar-refractivity contribution is 9.10. The van der Waals surface area contributed by atoms with Crippen LogP contribution in [-0.4, -0.2) is 26.3 Å². The van der Waals surface area contributed by atoms with Crippen molar-refractivity contribution in [3.05, 3.63) is 28.2 Å². The predicted octanol–water partition coefficient (Wildman–Crippen LogP) is 3.24. The molecule has 1 rings (SSSR count). The molecule has 1 unspecified atom stereocenters. The van der Waals surface area contributed by atoms with Crippen LogP contribution in [0.3, 0.4) is 0 Å². The topological polar surface area (TPSA) is 47.3 Å². The van der Waals surface area contributed by atoms with Crippen LogP contribution in [0.2, 0.25) is 0 Å². The lowest BCUT2D eigenvalue weighted by Gasteiger charge is -2.20. The molecule has 0 spiro atoms. The molecule has 0 heterocycles. The Hall–Kier alpha value is -0.790. The summed E-state index contributed by atoms with van der Waals surface area (Å²) in [5, 5.41) is 3.11. The number of nitrogens with one attached hydrogen (secondary N) is 1. The largest absolute Gasteiger partial charge is 0.416 e. The van der Waals surface area contributed by atoms with Gasteiger partial charge in [-0.1, -0.05) is 0 Å². The molecule has 0 aliphatic rings. The molecule has 108 valence electrons. The molecule has 19 heavy (non-hydrogen) atoms. The van der Waals surface area contributed by atoms with Crippen LogP contribution in [0.4, 0.5) is 18.9 Å². The fourth-order valence-corrected chi connectivity index (χ4v) is 2.12. The molecule has 7 heteroatoms. The average molecular weight is 341 g/mol. The maximum absolute atomic E-state index is 12.5. The van der Waals surface area contributed by atoms with Crippen molar-refractivity contribution in [3.8, 4) is 0 Å². The Morgan fingerprint density at radius 2 is 2.11 bits per heavy atom. The number of methoxy groups -OCH3 is 1. The third kappa shape index (κ3) is 5.00. The molecule has 0 aliphatic heterocycles. The molecule has 1 aromatic rings. The Morgan fingerprint density at radius 3 is 2.58 bits per heavy atom. The van der Waals surface area contributed by atoms with Gasteiger partial charge in [0.1, 0.15) is 0 Å². The summed E-state index contributed by atoms with van der Waals surface area (Å²) in [5.74, 6) is 0. The predicted molar refractivity (Wildman–Crippen MR) is 72.1 cm³/mol. The van der Waals surface area contributed by atoms with Crippen molar-refractivity contribution < 1.29 is 17.9 Å². The number of halogens is 4. The van der Waals surface area contributed by atoms with E-state index < -0.39 is 11.7 Å². The first kappa shape index (κ1) is 16.3. The molecule has 0 fully saturated rings. The average Bonchev–Trinajstić information content (AvgIpc) is 2.31. The van der Waals surface area contributed by atoms with Crippen molar-refractivity contribution in [3.63, 3.8) is 0 Å². The summed E-state index contributed by atoms with van der Waals surface area (Å²) in [6, 6.07) is 3.45. The van der Waals surface area contributed by atoms with E-state index >= 15 is 0 Å². The summed E-state index contributed by atoms with van der Waals surface area (Å²) in [6.45, 7) is 0.907. The second-order valence-corrected chi connectivity index (χ2v) is 4.92. The van der Waals surface area contributed by atoms with Crippen LogP contribution in [0, 0.1) is 0 Å². The molecular formula is C12H16BrF3N2O. The lowest BCUT2D eigenvalue weighted by Crippen LogP contribution is -2.28. The van der Waals surface area contributed by atoms with Gasteiger partial charge >= 0.3 is 6.18 Å². The molecule has 1 atom stereocenters. The summed E-state index contributed by atoms with van der Waals surface area (Å²) in [6.07, 6.45) is -3.68. The van der Waals surface area contributed by atoms with Crippen molar-refractivity contribution in [2.45, 2.75) is 18.6 Å². The van der Waals surface area contributed by atoms with Gasteiger partial charge in [-0.05, 0) is 47.1 Å². The third-order valence-electron chi connectivity index (χ3n) is 2.54. The minimum Gasteiger partial charge on any atom is -0.383 e. The van der Waals surface area contributed by atoms with Gasteiger partial charge in [0.05, 0.1) is 18.2 Å². The maximum Gasteiger partial charge on any atom is 0.416 e. The second kappa shape index (κ2) is 7.12. The Morgan fingerprint density at radius 1 is 1.42 bits per heavy atom. The van der Waals surface area contributed by atoms with Crippen molar-refractivity contribution in [2.24, 2.45) is 5.73 Å². The van der Waals surface area contributed by atoms with E-state index in [1.165, 1.54) is 6.07 Å². The van der Waals surface area contributed by atoms with E-state index in [2.05, 4.69) is 21.2 Å². The van der Waals surface area contributed by atoms with Crippen molar-refractivity contribution in [1.29, 1.82) is 0 Å². The molecule has 0 amide bonds. The summed E-state index contributed by atoms with van der Waals surface area (Å²) in [4.78, 5) is 0. The molecular weight excluding hydrogens is 325 g/mol. The van der Waals surface area contributed by atoms with Gasteiger partial charge in [0.15, 0.2) is 0 Å². The van der Waals surface area contributed by atoms with Gasteiger partial charge < -0.3 is 15.8 Å². The fraction of sp³-hybridized carbons (Fsp3) is 0.500. The number of nitrogens with two attached hydrogens (primary N) is 1. The van der Waals surface area contributed by atoms with Gasteiger partial charge in [0.2, 0.25) is 0 Å².